The van der Waals surface area contributed by atoms with Gasteiger partial charge in [0.2, 0.25) is 5.69 Å². The van der Waals surface area contributed by atoms with Gasteiger partial charge in [-0.15, -0.1) is 0 Å². The van der Waals surface area contributed by atoms with Crippen molar-refractivity contribution in [2.45, 2.75) is 45.3 Å². The third-order valence-corrected chi connectivity index (χ3v) is 4.91. The molecule has 7 heteroatoms. The topological polar surface area (TPSA) is 40.8 Å². The Hall–Kier alpha value is -2.07. The van der Waals surface area contributed by atoms with Crippen LogP contribution in [0.4, 0.5) is 15.9 Å². The van der Waals surface area contributed by atoms with Crippen molar-refractivity contribution in [1.29, 1.82) is 0 Å². The monoisotopic (exact) mass is 332 g/mol. The van der Waals surface area contributed by atoms with Gasteiger partial charge in [-0.3, -0.25) is 4.79 Å². The molecule has 1 aromatic rings. The number of carbonyl (C=O) groups is 1. The summed E-state index contributed by atoms with van der Waals surface area (Å²) in [6.45, 7) is 12.6. The van der Waals surface area contributed by atoms with Crippen LogP contribution in [-0.4, -0.2) is 39.2 Å². The molecule has 1 aromatic heterocycles. The summed E-state index contributed by atoms with van der Waals surface area (Å²) < 4.78 is 14.3. The zero-order chi connectivity index (χ0) is 16.9. The second kappa shape index (κ2) is 5.24. The Morgan fingerprint density at radius 1 is 1.52 bits per heavy atom. The molecule has 0 N–H and O–H groups in total. The van der Waals surface area contributed by atoms with Gasteiger partial charge >= 0.3 is 0 Å². The lowest BCUT2D eigenvalue weighted by Crippen LogP contribution is -2.47. The molecule has 2 atom stereocenters. The lowest BCUT2D eigenvalue weighted by molar-refractivity contribution is -0.122. The lowest BCUT2D eigenvalue weighted by Gasteiger charge is -2.35. The second-order valence-corrected chi connectivity index (χ2v) is 6.74. The predicted molar refractivity (Wildman–Crippen MR) is 89.3 cm³/mol. The van der Waals surface area contributed by atoms with E-state index in [1.165, 1.54) is 11.8 Å². The first kappa shape index (κ1) is 15.8. The summed E-state index contributed by atoms with van der Waals surface area (Å²) in [5.41, 5.74) is 0.365. The quantitative estimate of drug-likeness (QED) is 0.585. The molecule has 0 aromatic carbocycles. The number of alkyl halides is 1. The zero-order valence-electron chi connectivity index (χ0n) is 13.3. The molecule has 3 heterocycles. The summed E-state index contributed by atoms with van der Waals surface area (Å²) >= 11 is 5.44. The number of aryl methyl sites for hydroxylation is 2. The van der Waals surface area contributed by atoms with Crippen LogP contribution in [-0.2, 0) is 4.79 Å². The number of carbonyl (C=O) groups excluding carboxylic acids is 1. The minimum absolute atomic E-state index is 0.140. The van der Waals surface area contributed by atoms with E-state index in [1.807, 2.05) is 0 Å². The number of hydrogen-bond donors (Lipinski definition) is 0. The van der Waals surface area contributed by atoms with Gasteiger partial charge in [-0.1, -0.05) is 0 Å². The second-order valence-electron chi connectivity index (χ2n) is 6.38. The van der Waals surface area contributed by atoms with Crippen LogP contribution in [0.25, 0.3) is 4.85 Å². The molecule has 0 saturated carbocycles. The normalized spacial score (nSPS) is 27.2. The van der Waals surface area contributed by atoms with E-state index >= 15 is 0 Å². The van der Waals surface area contributed by atoms with E-state index in [2.05, 4.69) is 9.83 Å². The van der Waals surface area contributed by atoms with Crippen LogP contribution in [0.15, 0.2) is 6.07 Å². The molecule has 2 aliphatic heterocycles. The lowest BCUT2D eigenvalue weighted by atomic mass is 9.90. The number of nitrogens with zero attached hydrogens (tertiary/aromatic N) is 4. The number of piperidine rings is 1. The van der Waals surface area contributed by atoms with Gasteiger partial charge in [-0.2, -0.15) is 0 Å². The van der Waals surface area contributed by atoms with Crippen LogP contribution in [0.5, 0.6) is 0 Å². The van der Waals surface area contributed by atoms with E-state index in [-0.39, 0.29) is 12.3 Å². The number of hydrogen-bond acceptors (Lipinski definition) is 3. The fraction of sp³-hybridized carbons (Fsp3) is 0.500. The number of anilines is 1. The number of fused-ring (bicyclic) bond motifs is 1. The van der Waals surface area contributed by atoms with Crippen LogP contribution >= 0.6 is 12.2 Å². The van der Waals surface area contributed by atoms with Crippen molar-refractivity contribution < 1.29 is 9.18 Å². The van der Waals surface area contributed by atoms with Crippen molar-refractivity contribution in [1.82, 2.24) is 9.88 Å². The van der Waals surface area contributed by atoms with Crippen molar-refractivity contribution in [2.24, 2.45) is 0 Å². The molecule has 3 rings (SSSR count). The van der Waals surface area contributed by atoms with Crippen LogP contribution < -0.4 is 4.90 Å². The fourth-order valence-electron chi connectivity index (χ4n) is 3.16. The number of amides is 1. The maximum atomic E-state index is 14.3. The Labute approximate surface area is 139 Å². The molecule has 1 amide bonds. The van der Waals surface area contributed by atoms with E-state index in [0.29, 0.717) is 40.8 Å². The summed E-state index contributed by atoms with van der Waals surface area (Å²) in [5, 5.41) is 0.376. The number of pyridine rings is 1. The van der Waals surface area contributed by atoms with E-state index in [0.717, 1.165) is 0 Å². The summed E-state index contributed by atoms with van der Waals surface area (Å²) in [5.74, 6) is 0.212. The molecule has 2 unspecified atom stereocenters. The molecule has 120 valence electrons. The summed E-state index contributed by atoms with van der Waals surface area (Å²) in [4.78, 5) is 23.8. The summed E-state index contributed by atoms with van der Waals surface area (Å²) in [6.07, 6.45) is 0.494. The third-order valence-electron chi connectivity index (χ3n) is 4.49. The average molecular weight is 332 g/mol. The van der Waals surface area contributed by atoms with Crippen molar-refractivity contribution in [3.8, 4) is 0 Å². The smallest absolute Gasteiger partial charge is 0.257 e. The molecule has 0 bridgehead atoms. The summed E-state index contributed by atoms with van der Waals surface area (Å²) in [6, 6.07) is 1.14. The van der Waals surface area contributed by atoms with Crippen molar-refractivity contribution in [3.05, 3.63) is 28.7 Å². The summed E-state index contributed by atoms with van der Waals surface area (Å²) in [7, 11) is 0. The van der Waals surface area contributed by atoms with Gasteiger partial charge in [-0.05, 0) is 51.0 Å². The van der Waals surface area contributed by atoms with E-state index < -0.39 is 11.7 Å². The number of rotatable bonds is 1. The minimum atomic E-state index is -1.35. The SMILES string of the molecule is [C-]#[N+]c1cc(C)c(N2C(=O)C3CC(C)(F)CCN3C2=S)nc1C. The Morgan fingerprint density at radius 3 is 2.87 bits per heavy atom. The molecular formula is C16H17FN4OS. The van der Waals surface area contributed by atoms with Crippen molar-refractivity contribution in [2.75, 3.05) is 11.4 Å². The Morgan fingerprint density at radius 2 is 2.22 bits per heavy atom. The van der Waals surface area contributed by atoms with Crippen LogP contribution in [0, 0.1) is 20.4 Å². The first-order chi connectivity index (χ1) is 10.7. The largest absolute Gasteiger partial charge is 0.336 e. The average Bonchev–Trinajstić information content (AvgIpc) is 2.71. The maximum absolute atomic E-state index is 14.3. The highest BCUT2D eigenvalue weighted by Crippen LogP contribution is 2.37. The van der Waals surface area contributed by atoms with Crippen LogP contribution in [0.2, 0.25) is 0 Å². The Balaban J connectivity index is 2.02. The highest BCUT2D eigenvalue weighted by atomic mass is 32.1. The van der Waals surface area contributed by atoms with Crippen LogP contribution in [0.1, 0.15) is 31.0 Å². The van der Waals surface area contributed by atoms with Gasteiger partial charge in [0.25, 0.3) is 5.91 Å². The molecular weight excluding hydrogens is 315 g/mol. The standard InChI is InChI=1S/C16H17FN4OS/c1-9-7-11(18-4)10(2)19-13(9)21-14(22)12-8-16(3,17)5-6-20(12)15(21)23/h7,12H,5-6,8H2,1-3H3. The predicted octanol–water partition coefficient (Wildman–Crippen LogP) is 3.07. The molecule has 2 aliphatic rings. The fourth-order valence-corrected chi connectivity index (χ4v) is 3.55. The molecule has 2 fully saturated rings. The van der Waals surface area contributed by atoms with Crippen molar-refractivity contribution in [3.63, 3.8) is 0 Å². The highest BCUT2D eigenvalue weighted by Gasteiger charge is 2.50. The van der Waals surface area contributed by atoms with E-state index in [4.69, 9.17) is 18.8 Å². The molecule has 0 aliphatic carbocycles. The maximum Gasteiger partial charge on any atom is 0.257 e. The highest BCUT2D eigenvalue weighted by molar-refractivity contribution is 7.80. The van der Waals surface area contributed by atoms with Crippen molar-refractivity contribution >= 4 is 34.7 Å². The van der Waals surface area contributed by atoms with Gasteiger partial charge in [0.05, 0.1) is 6.57 Å². The van der Waals surface area contributed by atoms with Gasteiger partial charge in [0.1, 0.15) is 17.5 Å². The molecule has 23 heavy (non-hydrogen) atoms. The molecule has 2 saturated heterocycles. The molecule has 5 nitrogen and oxygen atoms in total. The minimum Gasteiger partial charge on any atom is -0.336 e. The van der Waals surface area contributed by atoms with Gasteiger partial charge in [0, 0.05) is 18.7 Å². The van der Waals surface area contributed by atoms with Gasteiger partial charge in [0.15, 0.2) is 5.11 Å². The van der Waals surface area contributed by atoms with Gasteiger partial charge in [-0.25, -0.2) is 19.1 Å². The molecule has 0 spiro atoms. The number of thiocarbonyl (C=S) groups is 1. The third kappa shape index (κ3) is 2.47. The number of halogens is 1. The van der Waals surface area contributed by atoms with E-state index in [1.54, 1.807) is 24.8 Å². The Kier molecular flexibility index (Phi) is 3.60. The first-order valence-electron chi connectivity index (χ1n) is 7.44. The zero-order valence-corrected chi connectivity index (χ0v) is 14.1. The first-order valence-corrected chi connectivity index (χ1v) is 7.85. The molecule has 0 radical (unpaired) electrons. The Bertz CT molecular complexity index is 755. The number of aromatic nitrogens is 1. The van der Waals surface area contributed by atoms with Gasteiger partial charge < -0.3 is 4.90 Å². The van der Waals surface area contributed by atoms with E-state index in [9.17, 15) is 9.18 Å². The van der Waals surface area contributed by atoms with Crippen LogP contribution in [0.3, 0.4) is 0 Å².